The van der Waals surface area contributed by atoms with Crippen LogP contribution in [0.25, 0.3) is 10.9 Å². The van der Waals surface area contributed by atoms with E-state index >= 15 is 0 Å². The Balaban J connectivity index is 2.30. The van der Waals surface area contributed by atoms with Crippen molar-refractivity contribution in [3.8, 4) is 0 Å². The van der Waals surface area contributed by atoms with E-state index in [1.165, 1.54) is 11.8 Å². The summed E-state index contributed by atoms with van der Waals surface area (Å²) in [6.45, 7) is 4.71. The lowest BCUT2D eigenvalue weighted by Crippen LogP contribution is -2.39. The second-order valence-electron chi connectivity index (χ2n) is 5.26. The molecule has 1 aliphatic rings. The third-order valence-electron chi connectivity index (χ3n) is 3.94. The maximum absolute atomic E-state index is 14.4. The number of fused-ring (bicyclic) bond motifs is 1. The monoisotopic (exact) mass is 372 g/mol. The number of aromatic nitrogens is 3. The van der Waals surface area contributed by atoms with Gasteiger partial charge in [-0.25, -0.2) is 19.3 Å². The number of pyridine rings is 1. The molecular weight excluding hydrogens is 358 g/mol. The molecule has 0 saturated carbocycles. The van der Waals surface area contributed by atoms with Crippen molar-refractivity contribution in [2.24, 2.45) is 0 Å². The van der Waals surface area contributed by atoms with E-state index in [4.69, 9.17) is 23.2 Å². The van der Waals surface area contributed by atoms with Gasteiger partial charge in [0.25, 0.3) is 0 Å². The van der Waals surface area contributed by atoms with E-state index in [1.807, 2.05) is 12.3 Å². The van der Waals surface area contributed by atoms with Crippen LogP contribution in [0.2, 0.25) is 10.3 Å². The fraction of sp³-hybridized carbons (Fsp3) is 0.400. The molecule has 1 atom stereocenters. The van der Waals surface area contributed by atoms with Crippen LogP contribution in [0.15, 0.2) is 17.8 Å². The van der Waals surface area contributed by atoms with Gasteiger partial charge in [-0.1, -0.05) is 41.0 Å². The highest BCUT2D eigenvalue weighted by Gasteiger charge is 2.27. The molecule has 1 aliphatic heterocycles. The van der Waals surface area contributed by atoms with Crippen LogP contribution >= 0.6 is 35.0 Å². The van der Waals surface area contributed by atoms with E-state index in [1.54, 1.807) is 0 Å². The van der Waals surface area contributed by atoms with Gasteiger partial charge < -0.3 is 4.90 Å². The second kappa shape index (κ2) is 6.79. The number of piperidine rings is 1. The van der Waals surface area contributed by atoms with Crippen molar-refractivity contribution < 1.29 is 4.39 Å². The molecule has 1 fully saturated rings. The third kappa shape index (κ3) is 2.99. The zero-order chi connectivity index (χ0) is 16.6. The molecule has 2 aromatic rings. The number of hydrogen-bond acceptors (Lipinski definition) is 5. The fourth-order valence-electron chi connectivity index (χ4n) is 2.83. The van der Waals surface area contributed by atoms with Gasteiger partial charge in [0.1, 0.15) is 16.5 Å². The van der Waals surface area contributed by atoms with Crippen LogP contribution in [-0.4, -0.2) is 33.8 Å². The van der Waals surface area contributed by atoms with E-state index in [9.17, 15) is 4.39 Å². The van der Waals surface area contributed by atoms with Crippen LogP contribution in [0.5, 0.6) is 0 Å². The zero-order valence-electron chi connectivity index (χ0n) is 12.5. The lowest BCUT2D eigenvalue weighted by atomic mass is 10.0. The Morgan fingerprint density at radius 1 is 1.26 bits per heavy atom. The molecule has 8 heteroatoms. The predicted molar refractivity (Wildman–Crippen MR) is 94.3 cm³/mol. The number of anilines is 1. The van der Waals surface area contributed by atoms with Crippen LogP contribution in [0, 0.1) is 5.82 Å². The Morgan fingerprint density at radius 3 is 2.74 bits per heavy atom. The van der Waals surface area contributed by atoms with E-state index in [2.05, 4.69) is 26.4 Å². The van der Waals surface area contributed by atoms with Crippen molar-refractivity contribution in [3.63, 3.8) is 0 Å². The minimum absolute atomic E-state index is 0.109. The van der Waals surface area contributed by atoms with Gasteiger partial charge in [0.05, 0.1) is 5.39 Å². The summed E-state index contributed by atoms with van der Waals surface area (Å²) in [5.74, 6) is -0.0748. The van der Waals surface area contributed by atoms with E-state index in [0.717, 1.165) is 25.8 Å². The molecule has 122 valence electrons. The molecule has 3 heterocycles. The molecule has 0 radical (unpaired) electrons. The highest BCUT2D eigenvalue weighted by Crippen LogP contribution is 2.37. The Labute approximate surface area is 148 Å². The Bertz CT molecular complexity index is 771. The molecule has 4 nitrogen and oxygen atoms in total. The first-order chi connectivity index (χ1) is 11.1. The van der Waals surface area contributed by atoms with Gasteiger partial charge >= 0.3 is 0 Å². The van der Waals surface area contributed by atoms with Crippen LogP contribution in [0.1, 0.15) is 19.3 Å². The summed E-state index contributed by atoms with van der Waals surface area (Å²) in [4.78, 5) is 14.8. The first-order valence-corrected chi connectivity index (χ1v) is 9.20. The topological polar surface area (TPSA) is 41.9 Å². The summed E-state index contributed by atoms with van der Waals surface area (Å²) < 4.78 is 14.4. The van der Waals surface area contributed by atoms with Gasteiger partial charge in [-0.3, -0.25) is 0 Å². The number of nitrogens with zero attached hydrogens (tertiary/aromatic N) is 4. The molecule has 0 amide bonds. The maximum atomic E-state index is 14.4. The first-order valence-electron chi connectivity index (χ1n) is 7.22. The van der Waals surface area contributed by atoms with Crippen molar-refractivity contribution in [3.05, 3.63) is 28.8 Å². The number of thioether (sulfide) groups is 1. The van der Waals surface area contributed by atoms with Crippen LogP contribution < -0.4 is 4.90 Å². The van der Waals surface area contributed by atoms with Crippen molar-refractivity contribution in [1.29, 1.82) is 0 Å². The van der Waals surface area contributed by atoms with Crippen molar-refractivity contribution >= 4 is 51.7 Å². The molecule has 2 aromatic heterocycles. The van der Waals surface area contributed by atoms with Gasteiger partial charge in [-0.15, -0.1) is 6.58 Å². The predicted octanol–water partition coefficient (Wildman–Crippen LogP) is 4.74. The minimum atomic E-state index is -0.669. The van der Waals surface area contributed by atoms with Gasteiger partial charge in [0, 0.05) is 12.6 Å². The Morgan fingerprint density at radius 2 is 2.04 bits per heavy atom. The van der Waals surface area contributed by atoms with Crippen molar-refractivity contribution in [1.82, 2.24) is 15.0 Å². The van der Waals surface area contributed by atoms with Gasteiger partial charge in [-0.2, -0.15) is 0 Å². The standard InChI is InChI=1S/C15H15Cl2FN4S/c1-3-8-6-4-5-7-22(8)14-9-11(19-15(21-14)23-2)10(18)13(17)20-12(9)16/h3,8H,1,4-7H2,2H3. The molecule has 0 spiro atoms. The second-order valence-corrected chi connectivity index (χ2v) is 6.75. The lowest BCUT2D eigenvalue weighted by Gasteiger charge is -2.35. The number of rotatable bonds is 3. The first kappa shape index (κ1) is 16.7. The van der Waals surface area contributed by atoms with Crippen LogP contribution in [0.3, 0.4) is 0 Å². The lowest BCUT2D eigenvalue weighted by molar-refractivity contribution is 0.511. The van der Waals surface area contributed by atoms with Crippen LogP contribution in [0.4, 0.5) is 10.2 Å². The normalized spacial score (nSPS) is 18.4. The smallest absolute Gasteiger partial charge is 0.189 e. The largest absolute Gasteiger partial charge is 0.349 e. The summed E-state index contributed by atoms with van der Waals surface area (Å²) in [7, 11) is 0. The molecule has 0 bridgehead atoms. The molecule has 3 rings (SSSR count). The van der Waals surface area contributed by atoms with Crippen molar-refractivity contribution in [2.45, 2.75) is 30.5 Å². The summed E-state index contributed by atoms with van der Waals surface area (Å²) in [6.07, 6.45) is 6.86. The Kier molecular flexibility index (Phi) is 4.94. The number of hydrogen-bond donors (Lipinski definition) is 0. The molecule has 0 N–H and O–H groups in total. The molecule has 1 saturated heterocycles. The zero-order valence-corrected chi connectivity index (χ0v) is 14.8. The summed E-state index contributed by atoms with van der Waals surface area (Å²) >= 11 is 13.4. The summed E-state index contributed by atoms with van der Waals surface area (Å²) in [5.41, 5.74) is 0.109. The highest BCUT2D eigenvalue weighted by molar-refractivity contribution is 7.98. The number of halogens is 3. The van der Waals surface area contributed by atoms with Crippen molar-refractivity contribution in [2.75, 3.05) is 17.7 Å². The molecule has 23 heavy (non-hydrogen) atoms. The highest BCUT2D eigenvalue weighted by atomic mass is 35.5. The molecule has 0 aliphatic carbocycles. The summed E-state index contributed by atoms with van der Waals surface area (Å²) in [6, 6.07) is 0.131. The Hall–Kier alpha value is -1.11. The average molecular weight is 373 g/mol. The van der Waals surface area contributed by atoms with E-state index < -0.39 is 5.82 Å². The third-order valence-corrected chi connectivity index (χ3v) is 5.01. The van der Waals surface area contributed by atoms with E-state index in [-0.39, 0.29) is 21.9 Å². The molecular formula is C15H15Cl2FN4S. The van der Waals surface area contributed by atoms with Crippen LogP contribution in [-0.2, 0) is 0 Å². The van der Waals surface area contributed by atoms with E-state index in [0.29, 0.717) is 16.4 Å². The molecule has 0 aromatic carbocycles. The van der Waals surface area contributed by atoms with Gasteiger partial charge in [-0.05, 0) is 25.5 Å². The summed E-state index contributed by atoms with van der Waals surface area (Å²) in [5, 5.41) is 0.707. The average Bonchev–Trinajstić information content (AvgIpc) is 2.58. The minimum Gasteiger partial charge on any atom is -0.349 e. The SMILES string of the molecule is C=CC1CCCCN1c1nc(SC)nc2c(F)c(Cl)nc(Cl)c12. The van der Waals surface area contributed by atoms with Gasteiger partial charge in [0.2, 0.25) is 0 Å². The fourth-order valence-corrected chi connectivity index (χ4v) is 3.67. The quantitative estimate of drug-likeness (QED) is 0.337. The maximum Gasteiger partial charge on any atom is 0.189 e. The molecule has 1 unspecified atom stereocenters. The van der Waals surface area contributed by atoms with Gasteiger partial charge in [0.15, 0.2) is 16.1 Å².